The maximum absolute atomic E-state index is 9.50. The molecule has 0 radical (unpaired) electrons. The van der Waals surface area contributed by atoms with Crippen LogP contribution in [0.5, 0.6) is 5.75 Å². The molecule has 3 N–H and O–H groups in total. The Kier molecular flexibility index (Phi) is 5.61. The molecule has 1 fully saturated rings. The Bertz CT molecular complexity index is 445. The van der Waals surface area contributed by atoms with Gasteiger partial charge in [-0.25, -0.2) is 0 Å². The number of anilines is 1. The molecule has 0 aliphatic heterocycles. The Labute approximate surface area is 125 Å². The second-order valence-electron chi connectivity index (χ2n) is 5.03. The molecule has 0 atom stereocenters. The number of benzene rings is 1. The van der Waals surface area contributed by atoms with Gasteiger partial charge in [0.25, 0.3) is 0 Å². The van der Waals surface area contributed by atoms with Crippen molar-refractivity contribution in [2.45, 2.75) is 44.8 Å². The van der Waals surface area contributed by atoms with Crippen molar-refractivity contribution >= 4 is 23.0 Å². The second-order valence-corrected chi connectivity index (χ2v) is 5.44. The van der Waals surface area contributed by atoms with E-state index in [0.717, 1.165) is 37.1 Å². The van der Waals surface area contributed by atoms with Crippen molar-refractivity contribution in [2.75, 3.05) is 11.9 Å². The van der Waals surface area contributed by atoms with Crippen LogP contribution in [-0.2, 0) is 0 Å². The molecule has 1 saturated carbocycles. The molecule has 0 amide bonds. The molecule has 1 aromatic carbocycles. The van der Waals surface area contributed by atoms with E-state index in [1.54, 1.807) is 0 Å². The number of hydrogen-bond donors (Lipinski definition) is 3. The zero-order valence-electron chi connectivity index (χ0n) is 11.8. The van der Waals surface area contributed by atoms with Crippen LogP contribution in [-0.4, -0.2) is 29.0 Å². The van der Waals surface area contributed by atoms with Gasteiger partial charge in [0, 0.05) is 6.04 Å². The third kappa shape index (κ3) is 4.35. The highest BCUT2D eigenvalue weighted by Gasteiger charge is 2.19. The zero-order valence-corrected chi connectivity index (χ0v) is 12.6. The first-order valence-electron chi connectivity index (χ1n) is 7.16. The van der Waals surface area contributed by atoms with E-state index in [2.05, 4.69) is 10.6 Å². The van der Waals surface area contributed by atoms with Gasteiger partial charge < -0.3 is 20.5 Å². The number of hydrogen-bond acceptors (Lipinski definition) is 3. The summed E-state index contributed by atoms with van der Waals surface area (Å²) in [5, 5.41) is 16.6. The van der Waals surface area contributed by atoms with E-state index >= 15 is 0 Å². The van der Waals surface area contributed by atoms with Crippen LogP contribution in [0.15, 0.2) is 24.3 Å². The van der Waals surface area contributed by atoms with Gasteiger partial charge in [0.2, 0.25) is 0 Å². The van der Waals surface area contributed by atoms with Crippen LogP contribution in [0.4, 0.5) is 5.69 Å². The summed E-state index contributed by atoms with van der Waals surface area (Å²) in [4.78, 5) is 0. The fourth-order valence-electron chi connectivity index (χ4n) is 2.42. The van der Waals surface area contributed by atoms with Gasteiger partial charge in [-0.1, -0.05) is 12.1 Å². The van der Waals surface area contributed by atoms with Crippen molar-refractivity contribution in [1.29, 1.82) is 0 Å². The van der Waals surface area contributed by atoms with Crippen molar-refractivity contribution in [3.63, 3.8) is 0 Å². The van der Waals surface area contributed by atoms with Crippen LogP contribution in [0, 0.1) is 0 Å². The summed E-state index contributed by atoms with van der Waals surface area (Å²) in [7, 11) is 0. The number of aliphatic hydroxyl groups excluding tert-OH is 1. The van der Waals surface area contributed by atoms with Gasteiger partial charge in [0.15, 0.2) is 5.11 Å². The Morgan fingerprint density at radius 2 is 2.00 bits per heavy atom. The van der Waals surface area contributed by atoms with Crippen molar-refractivity contribution in [3.05, 3.63) is 24.3 Å². The highest BCUT2D eigenvalue weighted by atomic mass is 32.1. The summed E-state index contributed by atoms with van der Waals surface area (Å²) in [5.41, 5.74) is 0.877. The standard InChI is InChI=1S/C15H22N2O2S/c1-2-19-14-6-4-3-5-13(14)17-15(20)16-11-7-9-12(18)10-8-11/h3-6,11-12,18H,2,7-10H2,1H3,(H2,16,17,20). The van der Waals surface area contributed by atoms with E-state index in [4.69, 9.17) is 17.0 Å². The van der Waals surface area contributed by atoms with E-state index < -0.39 is 0 Å². The SMILES string of the molecule is CCOc1ccccc1NC(=S)NC1CCC(O)CC1. The summed E-state index contributed by atoms with van der Waals surface area (Å²) in [6.45, 7) is 2.58. The number of nitrogens with one attached hydrogen (secondary N) is 2. The molecule has 1 aliphatic carbocycles. The molecule has 0 bridgehead atoms. The Morgan fingerprint density at radius 3 is 2.70 bits per heavy atom. The molecule has 110 valence electrons. The molecule has 5 heteroatoms. The van der Waals surface area contributed by atoms with Crippen molar-refractivity contribution < 1.29 is 9.84 Å². The average molecular weight is 294 g/mol. The van der Waals surface area contributed by atoms with Crippen LogP contribution >= 0.6 is 12.2 Å². The first-order chi connectivity index (χ1) is 9.69. The molecule has 1 aromatic rings. The highest BCUT2D eigenvalue weighted by molar-refractivity contribution is 7.80. The number of aliphatic hydroxyl groups is 1. The summed E-state index contributed by atoms with van der Waals surface area (Å²) < 4.78 is 5.56. The molecule has 0 aromatic heterocycles. The van der Waals surface area contributed by atoms with E-state index in [1.807, 2.05) is 31.2 Å². The lowest BCUT2D eigenvalue weighted by atomic mass is 9.93. The van der Waals surface area contributed by atoms with Crippen molar-refractivity contribution in [2.24, 2.45) is 0 Å². The van der Waals surface area contributed by atoms with Gasteiger partial charge in [0.1, 0.15) is 5.75 Å². The third-order valence-corrected chi connectivity index (χ3v) is 3.69. The molecule has 0 spiro atoms. The summed E-state index contributed by atoms with van der Waals surface area (Å²) in [6, 6.07) is 8.10. The van der Waals surface area contributed by atoms with Gasteiger partial charge in [0.05, 0.1) is 18.4 Å². The van der Waals surface area contributed by atoms with E-state index in [-0.39, 0.29) is 6.10 Å². The molecule has 1 aliphatic rings. The van der Waals surface area contributed by atoms with Gasteiger partial charge in [-0.3, -0.25) is 0 Å². The lowest BCUT2D eigenvalue weighted by Crippen LogP contribution is -2.40. The van der Waals surface area contributed by atoms with Crippen LogP contribution in [0.2, 0.25) is 0 Å². The van der Waals surface area contributed by atoms with Crippen molar-refractivity contribution in [1.82, 2.24) is 5.32 Å². The van der Waals surface area contributed by atoms with Crippen LogP contribution in [0.25, 0.3) is 0 Å². The molecule has 4 nitrogen and oxygen atoms in total. The first-order valence-corrected chi connectivity index (χ1v) is 7.57. The monoisotopic (exact) mass is 294 g/mol. The van der Waals surface area contributed by atoms with Crippen molar-refractivity contribution in [3.8, 4) is 5.75 Å². The van der Waals surface area contributed by atoms with E-state index in [0.29, 0.717) is 17.8 Å². The van der Waals surface area contributed by atoms with Crippen LogP contribution < -0.4 is 15.4 Å². The third-order valence-electron chi connectivity index (χ3n) is 3.47. The van der Waals surface area contributed by atoms with Gasteiger partial charge in [-0.2, -0.15) is 0 Å². The second kappa shape index (κ2) is 7.45. The van der Waals surface area contributed by atoms with Crippen LogP contribution in [0.3, 0.4) is 0 Å². The summed E-state index contributed by atoms with van der Waals surface area (Å²) >= 11 is 5.35. The molecular weight excluding hydrogens is 272 g/mol. The lowest BCUT2D eigenvalue weighted by Gasteiger charge is -2.27. The Hall–Kier alpha value is -1.33. The van der Waals surface area contributed by atoms with E-state index in [9.17, 15) is 5.11 Å². The minimum atomic E-state index is -0.145. The normalized spacial score (nSPS) is 22.1. The summed E-state index contributed by atoms with van der Waals surface area (Å²) in [6.07, 6.45) is 3.45. The predicted molar refractivity (Wildman–Crippen MR) is 85.2 cm³/mol. The fourth-order valence-corrected chi connectivity index (χ4v) is 2.69. The maximum Gasteiger partial charge on any atom is 0.171 e. The number of ether oxygens (including phenoxy) is 1. The zero-order chi connectivity index (χ0) is 14.4. The lowest BCUT2D eigenvalue weighted by molar-refractivity contribution is 0.120. The molecule has 0 saturated heterocycles. The largest absolute Gasteiger partial charge is 0.492 e. The maximum atomic E-state index is 9.50. The molecule has 0 heterocycles. The molecule has 2 rings (SSSR count). The Balaban J connectivity index is 1.88. The number of para-hydroxylation sites is 2. The molecule has 0 unspecified atom stereocenters. The fraction of sp³-hybridized carbons (Fsp3) is 0.533. The van der Waals surface area contributed by atoms with Gasteiger partial charge in [-0.15, -0.1) is 0 Å². The summed E-state index contributed by atoms with van der Waals surface area (Å²) in [5.74, 6) is 0.804. The first kappa shape index (κ1) is 15.1. The number of thiocarbonyl (C=S) groups is 1. The minimum Gasteiger partial charge on any atom is -0.492 e. The smallest absolute Gasteiger partial charge is 0.171 e. The molecule has 20 heavy (non-hydrogen) atoms. The van der Waals surface area contributed by atoms with Gasteiger partial charge >= 0.3 is 0 Å². The molecular formula is C15H22N2O2S. The predicted octanol–water partition coefficient (Wildman–Crippen LogP) is 2.68. The Morgan fingerprint density at radius 1 is 1.30 bits per heavy atom. The topological polar surface area (TPSA) is 53.5 Å². The minimum absolute atomic E-state index is 0.145. The van der Waals surface area contributed by atoms with E-state index in [1.165, 1.54) is 0 Å². The number of rotatable bonds is 4. The highest BCUT2D eigenvalue weighted by Crippen LogP contribution is 2.24. The quantitative estimate of drug-likeness (QED) is 0.746. The van der Waals surface area contributed by atoms with Crippen LogP contribution in [0.1, 0.15) is 32.6 Å². The average Bonchev–Trinajstić information content (AvgIpc) is 2.44. The van der Waals surface area contributed by atoms with Gasteiger partial charge in [-0.05, 0) is 57.0 Å².